The van der Waals surface area contributed by atoms with Crippen LogP contribution in [-0.2, 0) is 32.6 Å². The zero-order valence-corrected chi connectivity index (χ0v) is 30.7. The van der Waals surface area contributed by atoms with Crippen molar-refractivity contribution in [1.82, 2.24) is 19.5 Å². The number of amides is 2. The van der Waals surface area contributed by atoms with Gasteiger partial charge in [0.05, 0.1) is 11.4 Å². The average molecular weight is 752 g/mol. The van der Waals surface area contributed by atoms with Crippen LogP contribution in [0.3, 0.4) is 0 Å². The highest BCUT2D eigenvalue weighted by molar-refractivity contribution is 7.89. The molecule has 2 aliphatic heterocycles. The molecule has 3 heterocycles. The Kier molecular flexibility index (Phi) is 10.9. The summed E-state index contributed by atoms with van der Waals surface area (Å²) in [7, 11) is -4.19. The summed E-state index contributed by atoms with van der Waals surface area (Å²) in [4.78, 5) is 32.8. The van der Waals surface area contributed by atoms with E-state index < -0.39 is 16.1 Å². The molecular weight excluding hydrogens is 711 g/mol. The Labute approximate surface area is 307 Å². The van der Waals surface area contributed by atoms with Gasteiger partial charge in [-0.05, 0) is 74.9 Å². The van der Waals surface area contributed by atoms with E-state index in [1.165, 1.54) is 16.4 Å². The number of ether oxygens (including phenoxy) is 1. The van der Waals surface area contributed by atoms with Gasteiger partial charge in [-0.15, -0.1) is 0 Å². The number of likely N-dealkylation sites (tertiary alicyclic amines) is 1. The lowest BCUT2D eigenvalue weighted by atomic mass is 10.0. The van der Waals surface area contributed by atoms with E-state index in [1.807, 2.05) is 32.0 Å². The lowest BCUT2D eigenvalue weighted by molar-refractivity contribution is -0.131. The quantitative estimate of drug-likeness (QED) is 0.142. The van der Waals surface area contributed by atoms with E-state index in [0.717, 1.165) is 22.2 Å². The molecule has 0 aliphatic carbocycles. The maximum atomic E-state index is 14.1. The smallest absolute Gasteiger partial charge is 0.245 e. The van der Waals surface area contributed by atoms with Crippen molar-refractivity contribution < 1.29 is 22.7 Å². The predicted molar refractivity (Wildman–Crippen MR) is 198 cm³/mol. The second-order valence-electron chi connectivity index (χ2n) is 13.1. The minimum atomic E-state index is -4.19. The number of hydrogen-bond acceptors (Lipinski definition) is 7. The molecule has 268 valence electrons. The summed E-state index contributed by atoms with van der Waals surface area (Å²) >= 11 is 13.3. The lowest BCUT2D eigenvalue weighted by Gasteiger charge is -2.33. The van der Waals surface area contributed by atoms with Crippen LogP contribution in [0.4, 0.5) is 0 Å². The molecule has 3 aromatic carbocycles. The first-order chi connectivity index (χ1) is 24.3. The number of aromatic nitrogens is 1. The predicted octanol–water partition coefficient (Wildman–Crippen LogP) is 5.52. The number of nitrogen functional groups attached to an aromatic ring is 1. The zero-order chi connectivity index (χ0) is 36.4. The normalized spacial score (nSPS) is 17.1. The summed E-state index contributed by atoms with van der Waals surface area (Å²) in [6, 6.07) is 16.4. The number of carbonyl (C=O) groups excluding carboxylic acids is 2. The number of sulfonamides is 1. The zero-order valence-electron chi connectivity index (χ0n) is 28.4. The molecule has 0 bridgehead atoms. The van der Waals surface area contributed by atoms with Gasteiger partial charge in [-0.1, -0.05) is 59.6 Å². The molecule has 0 saturated carbocycles. The first-order valence-electron chi connectivity index (χ1n) is 16.8. The molecule has 11 nitrogen and oxygen atoms in total. The molecule has 4 N–H and O–H groups in total. The highest BCUT2D eigenvalue weighted by Crippen LogP contribution is 2.37. The molecule has 6 rings (SSSR count). The van der Waals surface area contributed by atoms with Crippen LogP contribution in [0, 0.1) is 19.3 Å². The third-order valence-corrected chi connectivity index (χ3v) is 12.4. The van der Waals surface area contributed by atoms with Crippen LogP contribution in [0.2, 0.25) is 10.0 Å². The number of rotatable bonds is 10. The number of para-hydroxylation sites is 1. The highest BCUT2D eigenvalue weighted by Gasteiger charge is 2.41. The maximum Gasteiger partial charge on any atom is 0.245 e. The number of nitrogens with one attached hydrogen (secondary N) is 2. The minimum Gasteiger partial charge on any atom is -0.487 e. The topological polar surface area (TPSA) is 159 Å². The summed E-state index contributed by atoms with van der Waals surface area (Å²) in [5.74, 6) is 0.104. The number of halogens is 2. The first kappa shape index (κ1) is 36.6. The molecule has 2 saturated heterocycles. The Bertz CT molecular complexity index is 2100. The number of nitrogens with two attached hydrogens (primary N) is 1. The summed E-state index contributed by atoms with van der Waals surface area (Å²) in [6.45, 7) is 4.94. The van der Waals surface area contributed by atoms with Crippen molar-refractivity contribution in [2.75, 3.05) is 19.6 Å². The third kappa shape index (κ3) is 7.84. The summed E-state index contributed by atoms with van der Waals surface area (Å²) in [5, 5.41) is 11.7. The minimum absolute atomic E-state index is 0.0213. The van der Waals surface area contributed by atoms with E-state index in [1.54, 1.807) is 35.2 Å². The van der Waals surface area contributed by atoms with Crippen LogP contribution >= 0.6 is 23.2 Å². The summed E-state index contributed by atoms with van der Waals surface area (Å²) in [6.07, 6.45) is 2.23. The molecule has 2 fully saturated rings. The van der Waals surface area contributed by atoms with Gasteiger partial charge in [0, 0.05) is 52.9 Å². The monoisotopic (exact) mass is 750 g/mol. The van der Waals surface area contributed by atoms with Crippen LogP contribution < -0.4 is 15.8 Å². The molecule has 0 unspecified atom stereocenters. The molecular formula is C37H40Cl2N6O5S. The lowest BCUT2D eigenvalue weighted by Crippen LogP contribution is -2.52. The fourth-order valence-electron chi connectivity index (χ4n) is 6.81. The molecule has 2 aliphatic rings. The average Bonchev–Trinajstić information content (AvgIpc) is 3.60. The number of piperidine rings is 1. The number of fused-ring (bicyclic) bond motifs is 1. The Balaban J connectivity index is 1.09. The standard InChI is InChI=1S/C37H40Cl2N6O5S/c1-22-19-23(2)42-35-27(22)5-3-7-31(35)50-21-28-29(38)12-13-32(34(28)39)51(48,49)45-16-4-6-30(45)37(47)43-26-14-17-44(18-15-26)33(46)20-24-8-10-25(11-9-24)36(40)41/h3,5,7-13,19,26,30H,4,6,14-18,20-21H2,1-2H3,(H3,40,41)(H,43,47)/t30-/m0/s1. The maximum absolute atomic E-state index is 14.1. The van der Waals surface area contributed by atoms with Gasteiger partial charge in [0.15, 0.2) is 0 Å². The Morgan fingerprint density at radius 3 is 2.45 bits per heavy atom. The third-order valence-electron chi connectivity index (χ3n) is 9.57. The molecule has 14 heteroatoms. The van der Waals surface area contributed by atoms with Crippen molar-refractivity contribution in [1.29, 1.82) is 5.41 Å². The van der Waals surface area contributed by atoms with Crippen molar-refractivity contribution in [3.63, 3.8) is 0 Å². The number of amidine groups is 1. The van der Waals surface area contributed by atoms with Crippen LogP contribution in [0.25, 0.3) is 10.9 Å². The van der Waals surface area contributed by atoms with Crippen LogP contribution in [0.1, 0.15) is 53.6 Å². The largest absolute Gasteiger partial charge is 0.487 e. The molecule has 51 heavy (non-hydrogen) atoms. The van der Waals surface area contributed by atoms with Gasteiger partial charge >= 0.3 is 0 Å². The molecule has 4 aromatic rings. The Hall–Kier alpha value is -4.23. The molecule has 2 amide bonds. The molecule has 0 radical (unpaired) electrons. The van der Waals surface area contributed by atoms with Gasteiger partial charge < -0.3 is 20.7 Å². The van der Waals surface area contributed by atoms with Crippen molar-refractivity contribution in [3.8, 4) is 5.75 Å². The number of aryl methyl sites for hydroxylation is 2. The Morgan fingerprint density at radius 2 is 1.75 bits per heavy atom. The van der Waals surface area contributed by atoms with E-state index in [0.29, 0.717) is 61.2 Å². The van der Waals surface area contributed by atoms with Crippen molar-refractivity contribution in [2.45, 2.75) is 69.5 Å². The number of carbonyl (C=O) groups is 2. The second kappa shape index (κ2) is 15.2. The van der Waals surface area contributed by atoms with Crippen LogP contribution in [0.5, 0.6) is 5.75 Å². The molecule has 1 aromatic heterocycles. The fraction of sp³-hybridized carbons (Fsp3) is 0.351. The van der Waals surface area contributed by atoms with Crippen molar-refractivity contribution in [2.24, 2.45) is 5.73 Å². The van der Waals surface area contributed by atoms with Crippen molar-refractivity contribution >= 4 is 61.8 Å². The van der Waals surface area contributed by atoms with Gasteiger partial charge in [-0.25, -0.2) is 13.4 Å². The number of benzene rings is 3. The van der Waals surface area contributed by atoms with Crippen molar-refractivity contribution in [3.05, 3.63) is 98.7 Å². The van der Waals surface area contributed by atoms with Gasteiger partial charge in [-0.3, -0.25) is 15.0 Å². The van der Waals surface area contributed by atoms with Gasteiger partial charge in [0.1, 0.15) is 34.6 Å². The van der Waals surface area contributed by atoms with Gasteiger partial charge in [0.2, 0.25) is 21.8 Å². The van der Waals surface area contributed by atoms with Gasteiger partial charge in [-0.2, -0.15) is 4.31 Å². The fourth-order valence-corrected chi connectivity index (χ4v) is 9.33. The SMILES string of the molecule is Cc1cc(C)c2cccc(OCc3c(Cl)ccc(S(=O)(=O)N4CCC[C@H]4C(=O)NC4CCN(C(=O)Cc5ccc(C(=N)N)cc5)CC4)c3Cl)c2n1. The number of hydrogen-bond donors (Lipinski definition) is 3. The van der Waals surface area contributed by atoms with Crippen LogP contribution in [-0.4, -0.2) is 72.0 Å². The van der Waals surface area contributed by atoms with Gasteiger partial charge in [0.25, 0.3) is 0 Å². The van der Waals surface area contributed by atoms with E-state index >= 15 is 0 Å². The number of pyridine rings is 1. The second-order valence-corrected chi connectivity index (χ2v) is 15.7. The first-order valence-corrected chi connectivity index (χ1v) is 19.0. The summed E-state index contributed by atoms with van der Waals surface area (Å²) < 4.78 is 35.5. The van der Waals surface area contributed by atoms with E-state index in [-0.39, 0.29) is 58.2 Å². The Morgan fingerprint density at radius 1 is 1.02 bits per heavy atom. The molecule has 1 atom stereocenters. The van der Waals surface area contributed by atoms with E-state index in [2.05, 4.69) is 10.3 Å². The highest BCUT2D eigenvalue weighted by atomic mass is 35.5. The van der Waals surface area contributed by atoms with E-state index in [9.17, 15) is 18.0 Å². The molecule has 0 spiro atoms. The van der Waals surface area contributed by atoms with E-state index in [4.69, 9.17) is 39.1 Å². The number of nitrogens with zero attached hydrogens (tertiary/aromatic N) is 3. The summed E-state index contributed by atoms with van der Waals surface area (Å²) in [5.41, 5.74) is 9.85. The van der Waals surface area contributed by atoms with Crippen LogP contribution in [0.15, 0.2) is 65.6 Å².